The SMILES string of the molecule is Cc1ccc(NCCCN2CC3CN(C(=O)c4cccc(F)c4C)CC3C2)cc1Cl. The molecule has 0 radical (unpaired) electrons. The minimum absolute atomic E-state index is 0.0334. The van der Waals surface area contributed by atoms with Crippen LogP contribution in [-0.2, 0) is 0 Å². The highest BCUT2D eigenvalue weighted by molar-refractivity contribution is 6.31. The molecule has 2 fully saturated rings. The van der Waals surface area contributed by atoms with Gasteiger partial charge in [-0.25, -0.2) is 4.39 Å². The van der Waals surface area contributed by atoms with Gasteiger partial charge in [0.05, 0.1) is 0 Å². The van der Waals surface area contributed by atoms with Crippen LogP contribution < -0.4 is 5.32 Å². The van der Waals surface area contributed by atoms with Gasteiger partial charge in [-0.1, -0.05) is 23.7 Å². The molecular formula is C24H29ClFN3O. The minimum Gasteiger partial charge on any atom is -0.385 e. The summed E-state index contributed by atoms with van der Waals surface area (Å²) in [7, 11) is 0. The van der Waals surface area contributed by atoms with Crippen molar-refractivity contribution in [1.29, 1.82) is 0 Å². The number of fused-ring (bicyclic) bond motifs is 1. The van der Waals surface area contributed by atoms with Gasteiger partial charge in [-0.3, -0.25) is 4.79 Å². The summed E-state index contributed by atoms with van der Waals surface area (Å²) in [6, 6.07) is 10.8. The monoisotopic (exact) mass is 429 g/mol. The molecule has 4 nitrogen and oxygen atoms in total. The van der Waals surface area contributed by atoms with Gasteiger partial charge in [0.1, 0.15) is 5.82 Å². The average Bonchev–Trinajstić information content (AvgIpc) is 3.28. The second-order valence-corrected chi connectivity index (χ2v) is 9.05. The van der Waals surface area contributed by atoms with Crippen molar-refractivity contribution in [3.63, 3.8) is 0 Å². The topological polar surface area (TPSA) is 35.6 Å². The number of carbonyl (C=O) groups is 1. The molecule has 2 unspecified atom stereocenters. The molecule has 0 bridgehead atoms. The number of amides is 1. The van der Waals surface area contributed by atoms with E-state index < -0.39 is 0 Å². The maximum Gasteiger partial charge on any atom is 0.254 e. The Balaban J connectivity index is 1.22. The van der Waals surface area contributed by atoms with Crippen LogP contribution in [-0.4, -0.2) is 55.0 Å². The lowest BCUT2D eigenvalue weighted by Crippen LogP contribution is -2.34. The molecule has 0 aromatic heterocycles. The van der Waals surface area contributed by atoms with Crippen LogP contribution in [0.4, 0.5) is 10.1 Å². The van der Waals surface area contributed by atoms with Crippen molar-refractivity contribution in [3.8, 4) is 0 Å². The van der Waals surface area contributed by atoms with Gasteiger partial charge in [0.25, 0.3) is 5.91 Å². The fourth-order valence-electron chi connectivity index (χ4n) is 4.69. The Bertz CT molecular complexity index is 921. The zero-order chi connectivity index (χ0) is 21.3. The Hall–Kier alpha value is -2.11. The number of nitrogens with one attached hydrogen (secondary N) is 1. The van der Waals surface area contributed by atoms with Gasteiger partial charge in [-0.15, -0.1) is 0 Å². The van der Waals surface area contributed by atoms with E-state index in [0.29, 0.717) is 23.0 Å². The summed E-state index contributed by atoms with van der Waals surface area (Å²) in [6.45, 7) is 9.27. The molecule has 2 atom stereocenters. The molecule has 6 heteroatoms. The van der Waals surface area contributed by atoms with E-state index in [1.165, 1.54) is 6.07 Å². The molecule has 0 saturated carbocycles. The number of aryl methyl sites for hydroxylation is 1. The lowest BCUT2D eigenvalue weighted by atomic mass is 10.0. The molecule has 30 heavy (non-hydrogen) atoms. The summed E-state index contributed by atoms with van der Waals surface area (Å²) < 4.78 is 13.8. The number of carbonyl (C=O) groups excluding carboxylic acids is 1. The summed E-state index contributed by atoms with van der Waals surface area (Å²) in [5.74, 6) is 0.695. The highest BCUT2D eigenvalue weighted by atomic mass is 35.5. The Morgan fingerprint density at radius 2 is 1.87 bits per heavy atom. The molecule has 0 spiro atoms. The molecule has 2 saturated heterocycles. The Morgan fingerprint density at radius 3 is 2.57 bits per heavy atom. The van der Waals surface area contributed by atoms with E-state index >= 15 is 0 Å². The van der Waals surface area contributed by atoms with Gasteiger partial charge >= 0.3 is 0 Å². The van der Waals surface area contributed by atoms with E-state index in [9.17, 15) is 9.18 Å². The van der Waals surface area contributed by atoms with Gasteiger partial charge in [0.15, 0.2) is 0 Å². The van der Waals surface area contributed by atoms with Crippen molar-refractivity contribution in [2.24, 2.45) is 11.8 Å². The van der Waals surface area contributed by atoms with Crippen molar-refractivity contribution < 1.29 is 9.18 Å². The molecule has 0 aliphatic carbocycles. The van der Waals surface area contributed by atoms with Crippen LogP contribution in [0.2, 0.25) is 5.02 Å². The van der Waals surface area contributed by atoms with Crippen molar-refractivity contribution in [2.75, 3.05) is 44.6 Å². The highest BCUT2D eigenvalue weighted by Gasteiger charge is 2.41. The van der Waals surface area contributed by atoms with Crippen LogP contribution in [0.3, 0.4) is 0 Å². The number of benzene rings is 2. The summed E-state index contributed by atoms with van der Waals surface area (Å²) >= 11 is 6.18. The van der Waals surface area contributed by atoms with Crippen LogP contribution in [0.5, 0.6) is 0 Å². The fourth-order valence-corrected chi connectivity index (χ4v) is 4.87. The summed E-state index contributed by atoms with van der Waals surface area (Å²) in [5, 5.41) is 4.23. The predicted octanol–water partition coefficient (Wildman–Crippen LogP) is 4.60. The third-order valence-corrected chi connectivity index (χ3v) is 6.91. The van der Waals surface area contributed by atoms with Crippen molar-refractivity contribution >= 4 is 23.2 Å². The first kappa shape index (κ1) is 21.1. The molecule has 160 valence electrons. The largest absolute Gasteiger partial charge is 0.385 e. The number of anilines is 1. The summed E-state index contributed by atoms with van der Waals surface area (Å²) in [6.07, 6.45) is 1.07. The smallest absolute Gasteiger partial charge is 0.254 e. The molecule has 1 amide bonds. The van der Waals surface area contributed by atoms with E-state index in [1.54, 1.807) is 19.1 Å². The Labute approximate surface area is 183 Å². The first-order valence-electron chi connectivity index (χ1n) is 10.7. The predicted molar refractivity (Wildman–Crippen MR) is 120 cm³/mol. The molecule has 4 rings (SSSR count). The molecule has 2 aromatic rings. The number of likely N-dealkylation sites (tertiary alicyclic amines) is 2. The fraction of sp³-hybridized carbons (Fsp3) is 0.458. The van der Waals surface area contributed by atoms with Crippen molar-refractivity contribution in [2.45, 2.75) is 20.3 Å². The standard InChI is InChI=1S/C24H29ClFN3O/c1-16-7-8-20(11-22(16)25)27-9-4-10-28-12-18-14-29(15-19(18)13-28)24(30)21-5-3-6-23(26)17(21)2/h3,5-8,11,18-19,27H,4,9-10,12-15H2,1-2H3. The first-order valence-corrected chi connectivity index (χ1v) is 11.1. The number of hydrogen-bond donors (Lipinski definition) is 1. The number of hydrogen-bond acceptors (Lipinski definition) is 3. The van der Waals surface area contributed by atoms with E-state index in [-0.39, 0.29) is 11.7 Å². The molecule has 2 aliphatic rings. The van der Waals surface area contributed by atoms with E-state index in [2.05, 4.69) is 16.3 Å². The second-order valence-electron chi connectivity index (χ2n) is 8.65. The highest BCUT2D eigenvalue weighted by Crippen LogP contribution is 2.32. The maximum absolute atomic E-state index is 13.8. The third kappa shape index (κ3) is 4.47. The minimum atomic E-state index is -0.312. The van der Waals surface area contributed by atoms with E-state index in [4.69, 9.17) is 11.6 Å². The molecule has 1 N–H and O–H groups in total. The third-order valence-electron chi connectivity index (χ3n) is 6.50. The van der Waals surface area contributed by atoms with Crippen molar-refractivity contribution in [3.05, 3.63) is 63.9 Å². The molecule has 2 heterocycles. The van der Waals surface area contributed by atoms with Gasteiger partial charge in [0, 0.05) is 49.0 Å². The summed E-state index contributed by atoms with van der Waals surface area (Å²) in [5.41, 5.74) is 3.09. The van der Waals surface area contributed by atoms with Crippen LogP contribution in [0, 0.1) is 31.5 Å². The normalized spacial score (nSPS) is 21.1. The van der Waals surface area contributed by atoms with Crippen molar-refractivity contribution in [1.82, 2.24) is 9.80 Å². The number of nitrogens with zero attached hydrogens (tertiary/aromatic N) is 2. The number of rotatable bonds is 6. The van der Waals surface area contributed by atoms with Crippen LogP contribution in [0.25, 0.3) is 0 Å². The van der Waals surface area contributed by atoms with Crippen LogP contribution in [0.15, 0.2) is 36.4 Å². The number of halogens is 2. The van der Waals surface area contributed by atoms with Crippen LogP contribution >= 0.6 is 11.6 Å². The van der Waals surface area contributed by atoms with E-state index in [0.717, 1.165) is 62.0 Å². The van der Waals surface area contributed by atoms with Crippen LogP contribution in [0.1, 0.15) is 27.9 Å². The van der Waals surface area contributed by atoms with Gasteiger partial charge in [-0.05, 0) is 74.0 Å². The Kier molecular flexibility index (Phi) is 6.30. The zero-order valence-corrected chi connectivity index (χ0v) is 18.4. The lowest BCUT2D eigenvalue weighted by Gasteiger charge is -2.22. The lowest BCUT2D eigenvalue weighted by molar-refractivity contribution is 0.0773. The Morgan fingerprint density at radius 1 is 1.13 bits per heavy atom. The second kappa shape index (κ2) is 8.94. The molecule has 2 aromatic carbocycles. The zero-order valence-electron chi connectivity index (χ0n) is 17.6. The van der Waals surface area contributed by atoms with Gasteiger partial charge in [0.2, 0.25) is 0 Å². The van der Waals surface area contributed by atoms with Gasteiger partial charge < -0.3 is 15.1 Å². The van der Waals surface area contributed by atoms with Gasteiger partial charge in [-0.2, -0.15) is 0 Å². The maximum atomic E-state index is 13.8. The van der Waals surface area contributed by atoms with E-state index in [1.807, 2.05) is 24.0 Å². The molecule has 2 aliphatic heterocycles. The quantitative estimate of drug-likeness (QED) is 0.681. The average molecular weight is 430 g/mol. The molecular weight excluding hydrogens is 401 g/mol. The first-order chi connectivity index (χ1) is 14.4. The summed E-state index contributed by atoms with van der Waals surface area (Å²) in [4.78, 5) is 17.3.